The molecule has 0 spiro atoms. The third-order valence-electron chi connectivity index (χ3n) is 2.84. The monoisotopic (exact) mass is 278 g/mol. The van der Waals surface area contributed by atoms with Gasteiger partial charge in [0.25, 0.3) is 5.91 Å². The number of rotatable bonds is 5. The number of nitrogens with two attached hydrogens (primary N) is 1. The lowest BCUT2D eigenvalue weighted by molar-refractivity contribution is -0.129. The summed E-state index contributed by atoms with van der Waals surface area (Å²) >= 11 is 0. The Hall–Kier alpha value is -2.04. The minimum atomic E-state index is -0.685. The van der Waals surface area contributed by atoms with Crippen molar-refractivity contribution < 1.29 is 14.3 Å². The van der Waals surface area contributed by atoms with Crippen molar-refractivity contribution in [3.05, 3.63) is 29.8 Å². The summed E-state index contributed by atoms with van der Waals surface area (Å²) in [6, 6.07) is 7.61. The molecule has 3 N–H and O–H groups in total. The molecule has 0 heterocycles. The molecule has 1 rings (SSSR count). The van der Waals surface area contributed by atoms with Crippen LogP contribution in [0.15, 0.2) is 24.3 Å². The fraction of sp³-hybridized carbons (Fsp3) is 0.467. The highest BCUT2D eigenvalue weighted by Gasteiger charge is 2.16. The van der Waals surface area contributed by atoms with Gasteiger partial charge in [-0.2, -0.15) is 0 Å². The lowest BCUT2D eigenvalue weighted by atomic mass is 9.87. The summed E-state index contributed by atoms with van der Waals surface area (Å²) < 4.78 is 5.51. The molecule has 2 amide bonds. The molecule has 0 aliphatic heterocycles. The zero-order valence-corrected chi connectivity index (χ0v) is 12.4. The topological polar surface area (TPSA) is 81.4 Å². The molecular formula is C15H22N2O3. The Morgan fingerprint density at radius 1 is 1.25 bits per heavy atom. The first-order valence-electron chi connectivity index (χ1n) is 6.53. The van der Waals surface area contributed by atoms with E-state index in [9.17, 15) is 9.59 Å². The molecular weight excluding hydrogens is 256 g/mol. The van der Waals surface area contributed by atoms with Crippen LogP contribution in [0.4, 0.5) is 0 Å². The van der Waals surface area contributed by atoms with Crippen molar-refractivity contribution in [2.75, 3.05) is 6.54 Å². The van der Waals surface area contributed by atoms with Crippen LogP contribution in [0.3, 0.4) is 0 Å². The third kappa shape index (κ3) is 4.91. The first-order valence-corrected chi connectivity index (χ1v) is 6.53. The average Bonchev–Trinajstić information content (AvgIpc) is 2.35. The van der Waals surface area contributed by atoms with Crippen LogP contribution in [0.25, 0.3) is 0 Å². The van der Waals surface area contributed by atoms with Crippen LogP contribution in [-0.4, -0.2) is 24.5 Å². The molecule has 110 valence electrons. The highest BCUT2D eigenvalue weighted by molar-refractivity contribution is 5.86. The van der Waals surface area contributed by atoms with Gasteiger partial charge < -0.3 is 15.8 Å². The Morgan fingerprint density at radius 3 is 2.25 bits per heavy atom. The van der Waals surface area contributed by atoms with Gasteiger partial charge in [0.2, 0.25) is 5.91 Å². The zero-order chi connectivity index (χ0) is 15.3. The molecule has 5 nitrogen and oxygen atoms in total. The number of carbonyl (C=O) groups excluding carboxylic acids is 2. The number of ether oxygens (including phenoxy) is 1. The van der Waals surface area contributed by atoms with Gasteiger partial charge in [0.05, 0.1) is 6.54 Å². The van der Waals surface area contributed by atoms with E-state index in [-0.39, 0.29) is 17.9 Å². The molecule has 1 aromatic carbocycles. The second kappa shape index (κ2) is 6.41. The van der Waals surface area contributed by atoms with Crippen LogP contribution in [-0.2, 0) is 15.0 Å². The maximum Gasteiger partial charge on any atom is 0.261 e. The van der Waals surface area contributed by atoms with E-state index < -0.39 is 12.0 Å². The van der Waals surface area contributed by atoms with Gasteiger partial charge in [-0.3, -0.25) is 9.59 Å². The molecule has 0 radical (unpaired) electrons. The number of nitrogens with one attached hydrogen (secondary N) is 1. The predicted molar refractivity (Wildman–Crippen MR) is 77.4 cm³/mol. The standard InChI is InChI=1S/C15H22N2O3/c1-10(14(19)17-9-13(16)18)20-12-7-5-11(6-8-12)15(2,3)4/h5-8,10H,9H2,1-4H3,(H2,16,18)(H,17,19)/t10-/m0/s1. The molecule has 1 atom stereocenters. The summed E-state index contributed by atoms with van der Waals surface area (Å²) in [6.07, 6.45) is -0.685. The minimum Gasteiger partial charge on any atom is -0.481 e. The van der Waals surface area contributed by atoms with E-state index in [2.05, 4.69) is 26.1 Å². The van der Waals surface area contributed by atoms with Gasteiger partial charge in [0.1, 0.15) is 5.75 Å². The fourth-order valence-corrected chi connectivity index (χ4v) is 1.61. The van der Waals surface area contributed by atoms with Crippen molar-refractivity contribution >= 4 is 11.8 Å². The van der Waals surface area contributed by atoms with Crippen LogP contribution in [0.2, 0.25) is 0 Å². The number of benzene rings is 1. The van der Waals surface area contributed by atoms with E-state index in [1.807, 2.05) is 24.3 Å². The summed E-state index contributed by atoms with van der Waals surface area (Å²) in [4.78, 5) is 22.2. The van der Waals surface area contributed by atoms with Crippen LogP contribution >= 0.6 is 0 Å². The average molecular weight is 278 g/mol. The fourth-order valence-electron chi connectivity index (χ4n) is 1.61. The van der Waals surface area contributed by atoms with Gasteiger partial charge in [-0.15, -0.1) is 0 Å². The maximum absolute atomic E-state index is 11.6. The van der Waals surface area contributed by atoms with E-state index in [1.165, 1.54) is 5.56 Å². The first kappa shape index (κ1) is 16.0. The Morgan fingerprint density at radius 2 is 1.80 bits per heavy atom. The van der Waals surface area contributed by atoms with Crippen molar-refractivity contribution in [3.63, 3.8) is 0 Å². The summed E-state index contributed by atoms with van der Waals surface area (Å²) in [6.45, 7) is 7.82. The molecule has 1 aromatic rings. The van der Waals surface area contributed by atoms with Crippen LogP contribution < -0.4 is 15.8 Å². The number of amides is 2. The summed E-state index contributed by atoms with van der Waals surface area (Å²) in [7, 11) is 0. The second-order valence-corrected chi connectivity index (χ2v) is 5.72. The molecule has 5 heteroatoms. The molecule has 0 unspecified atom stereocenters. The lowest BCUT2D eigenvalue weighted by Gasteiger charge is -2.20. The van der Waals surface area contributed by atoms with Crippen LogP contribution in [0.1, 0.15) is 33.3 Å². The van der Waals surface area contributed by atoms with Gasteiger partial charge >= 0.3 is 0 Å². The van der Waals surface area contributed by atoms with E-state index in [0.29, 0.717) is 5.75 Å². The summed E-state index contributed by atoms with van der Waals surface area (Å²) in [5.74, 6) is -0.344. The Bertz CT molecular complexity index is 475. The molecule has 0 aliphatic rings. The molecule has 0 aromatic heterocycles. The second-order valence-electron chi connectivity index (χ2n) is 5.72. The largest absolute Gasteiger partial charge is 0.481 e. The molecule has 20 heavy (non-hydrogen) atoms. The van der Waals surface area contributed by atoms with Crippen molar-refractivity contribution in [2.24, 2.45) is 5.73 Å². The van der Waals surface area contributed by atoms with E-state index in [4.69, 9.17) is 10.5 Å². The van der Waals surface area contributed by atoms with Gasteiger partial charge in [-0.05, 0) is 30.0 Å². The lowest BCUT2D eigenvalue weighted by Crippen LogP contribution is -2.40. The number of primary amides is 1. The van der Waals surface area contributed by atoms with E-state index in [1.54, 1.807) is 6.92 Å². The highest BCUT2D eigenvalue weighted by atomic mass is 16.5. The van der Waals surface area contributed by atoms with E-state index >= 15 is 0 Å². The smallest absolute Gasteiger partial charge is 0.261 e. The molecule has 0 saturated carbocycles. The Kier molecular flexibility index (Phi) is 5.13. The summed E-state index contributed by atoms with van der Waals surface area (Å²) in [5.41, 5.74) is 6.22. The first-order chi connectivity index (χ1) is 9.20. The maximum atomic E-state index is 11.6. The molecule has 0 aliphatic carbocycles. The van der Waals surface area contributed by atoms with Gasteiger partial charge in [0.15, 0.2) is 6.10 Å². The highest BCUT2D eigenvalue weighted by Crippen LogP contribution is 2.24. The minimum absolute atomic E-state index is 0.0724. The molecule has 0 saturated heterocycles. The number of hydrogen-bond acceptors (Lipinski definition) is 3. The van der Waals surface area contributed by atoms with Crippen molar-refractivity contribution in [3.8, 4) is 5.75 Å². The van der Waals surface area contributed by atoms with Crippen molar-refractivity contribution in [2.45, 2.75) is 39.2 Å². The number of carbonyl (C=O) groups is 2. The normalized spacial score (nSPS) is 12.6. The summed E-state index contributed by atoms with van der Waals surface area (Å²) in [5, 5.41) is 2.40. The van der Waals surface area contributed by atoms with Crippen LogP contribution in [0.5, 0.6) is 5.75 Å². The quantitative estimate of drug-likeness (QED) is 0.853. The zero-order valence-electron chi connectivity index (χ0n) is 12.4. The van der Waals surface area contributed by atoms with E-state index in [0.717, 1.165) is 0 Å². The van der Waals surface area contributed by atoms with Gasteiger partial charge in [0, 0.05) is 0 Å². The van der Waals surface area contributed by atoms with Gasteiger partial charge in [-0.25, -0.2) is 0 Å². The van der Waals surface area contributed by atoms with Crippen molar-refractivity contribution in [1.82, 2.24) is 5.32 Å². The third-order valence-corrected chi connectivity index (χ3v) is 2.84. The Labute approximate surface area is 119 Å². The Balaban J connectivity index is 2.60. The molecule has 0 fully saturated rings. The van der Waals surface area contributed by atoms with Crippen molar-refractivity contribution in [1.29, 1.82) is 0 Å². The molecule has 0 bridgehead atoms. The SMILES string of the molecule is C[C@H](Oc1ccc(C(C)(C)C)cc1)C(=O)NCC(N)=O. The van der Waals surface area contributed by atoms with Crippen LogP contribution in [0, 0.1) is 0 Å². The van der Waals surface area contributed by atoms with Gasteiger partial charge in [-0.1, -0.05) is 32.9 Å². The number of hydrogen-bond donors (Lipinski definition) is 2. The predicted octanol–water partition coefficient (Wildman–Crippen LogP) is 1.35.